The molecule has 18 heavy (non-hydrogen) atoms. The van der Waals surface area contributed by atoms with Gasteiger partial charge >= 0.3 is 0 Å². The van der Waals surface area contributed by atoms with Crippen molar-refractivity contribution in [1.82, 2.24) is 5.32 Å². The molecule has 0 saturated heterocycles. The van der Waals surface area contributed by atoms with Gasteiger partial charge in [-0.15, -0.1) is 0 Å². The summed E-state index contributed by atoms with van der Waals surface area (Å²) in [7, 11) is 0. The molecule has 0 aliphatic heterocycles. The molecule has 3 heteroatoms. The molecular weight excluding hydrogens is 246 g/mol. The average Bonchev–Trinajstić information content (AvgIpc) is 2.35. The molecule has 1 saturated carbocycles. The summed E-state index contributed by atoms with van der Waals surface area (Å²) in [6.45, 7) is 2.23. The van der Waals surface area contributed by atoms with Crippen LogP contribution in [0.15, 0.2) is 24.3 Å². The molecule has 1 N–H and O–H groups in total. The van der Waals surface area contributed by atoms with Gasteiger partial charge in [0.25, 0.3) is 0 Å². The van der Waals surface area contributed by atoms with Crippen LogP contribution in [0.1, 0.15) is 38.2 Å². The van der Waals surface area contributed by atoms with E-state index in [1.165, 1.54) is 19.3 Å². The fraction of sp³-hybridized carbons (Fsp3) is 0.533. The minimum atomic E-state index is 0.121. The lowest BCUT2D eigenvalue weighted by atomic mass is 9.86. The number of carbonyl (C=O) groups excluding carboxylic acids is 1. The number of rotatable bonds is 3. The van der Waals surface area contributed by atoms with Gasteiger partial charge in [-0.1, -0.05) is 43.5 Å². The van der Waals surface area contributed by atoms with Gasteiger partial charge in [0.05, 0.1) is 6.42 Å². The Morgan fingerprint density at radius 1 is 1.28 bits per heavy atom. The first-order chi connectivity index (χ1) is 8.65. The van der Waals surface area contributed by atoms with Crippen LogP contribution in [-0.2, 0) is 11.2 Å². The van der Waals surface area contributed by atoms with Crippen molar-refractivity contribution < 1.29 is 4.79 Å². The van der Waals surface area contributed by atoms with E-state index in [0.717, 1.165) is 12.0 Å². The third-order valence-electron chi connectivity index (χ3n) is 3.74. The second kappa shape index (κ2) is 6.24. The number of nitrogens with one attached hydrogen (secondary N) is 1. The van der Waals surface area contributed by atoms with E-state index in [1.54, 1.807) is 0 Å². The van der Waals surface area contributed by atoms with Crippen LogP contribution in [0.3, 0.4) is 0 Å². The van der Waals surface area contributed by atoms with E-state index in [9.17, 15) is 4.79 Å². The van der Waals surface area contributed by atoms with E-state index in [0.29, 0.717) is 23.4 Å². The lowest BCUT2D eigenvalue weighted by Crippen LogP contribution is -2.41. The minimum absolute atomic E-state index is 0.121. The van der Waals surface area contributed by atoms with Gasteiger partial charge in [-0.2, -0.15) is 0 Å². The number of benzene rings is 1. The second-order valence-corrected chi connectivity index (χ2v) is 5.68. The number of amides is 1. The second-order valence-electron chi connectivity index (χ2n) is 5.24. The summed E-state index contributed by atoms with van der Waals surface area (Å²) in [4.78, 5) is 12.0. The Hall–Kier alpha value is -1.02. The van der Waals surface area contributed by atoms with E-state index in [1.807, 2.05) is 24.3 Å². The molecule has 2 atom stereocenters. The van der Waals surface area contributed by atoms with Crippen molar-refractivity contribution in [2.45, 2.75) is 45.1 Å². The maximum Gasteiger partial charge on any atom is 0.224 e. The Morgan fingerprint density at radius 2 is 1.94 bits per heavy atom. The molecule has 1 fully saturated rings. The maximum atomic E-state index is 12.0. The summed E-state index contributed by atoms with van der Waals surface area (Å²) in [5.74, 6) is 0.726. The lowest BCUT2D eigenvalue weighted by Gasteiger charge is -2.29. The van der Waals surface area contributed by atoms with Crippen LogP contribution in [-0.4, -0.2) is 11.9 Å². The largest absolute Gasteiger partial charge is 0.353 e. The first kappa shape index (κ1) is 13.4. The van der Waals surface area contributed by atoms with Crippen LogP contribution < -0.4 is 5.32 Å². The smallest absolute Gasteiger partial charge is 0.224 e. The molecular formula is C15H20ClNO. The zero-order chi connectivity index (χ0) is 13.0. The van der Waals surface area contributed by atoms with Crippen molar-refractivity contribution in [3.8, 4) is 0 Å². The van der Waals surface area contributed by atoms with Crippen LogP contribution in [0.2, 0.25) is 5.02 Å². The van der Waals surface area contributed by atoms with E-state index in [2.05, 4.69) is 12.2 Å². The molecule has 1 amide bonds. The summed E-state index contributed by atoms with van der Waals surface area (Å²) >= 11 is 5.82. The summed E-state index contributed by atoms with van der Waals surface area (Å²) < 4.78 is 0. The predicted octanol–water partition coefficient (Wildman–Crippen LogP) is 3.58. The summed E-state index contributed by atoms with van der Waals surface area (Å²) in [6, 6.07) is 7.83. The van der Waals surface area contributed by atoms with Crippen molar-refractivity contribution in [1.29, 1.82) is 0 Å². The van der Waals surface area contributed by atoms with Crippen molar-refractivity contribution in [3.63, 3.8) is 0 Å². The van der Waals surface area contributed by atoms with E-state index < -0.39 is 0 Å². The standard InChI is InChI=1S/C15H20ClNO/c1-11-4-2-3-5-14(11)17-15(18)10-12-6-8-13(16)9-7-12/h6-9,11,14H,2-5,10H2,1H3,(H,17,18)/t11-,14+/m1/s1. The average molecular weight is 266 g/mol. The van der Waals surface area contributed by atoms with Crippen LogP contribution in [0.4, 0.5) is 0 Å². The third-order valence-corrected chi connectivity index (χ3v) is 3.99. The van der Waals surface area contributed by atoms with E-state index >= 15 is 0 Å². The molecule has 2 rings (SSSR count). The minimum Gasteiger partial charge on any atom is -0.353 e. The Morgan fingerprint density at radius 3 is 2.61 bits per heavy atom. The van der Waals surface area contributed by atoms with Crippen molar-refractivity contribution in [2.24, 2.45) is 5.92 Å². The van der Waals surface area contributed by atoms with Crippen LogP contribution in [0, 0.1) is 5.92 Å². The van der Waals surface area contributed by atoms with Crippen LogP contribution in [0.25, 0.3) is 0 Å². The number of halogens is 1. The van der Waals surface area contributed by atoms with Gasteiger partial charge in [0, 0.05) is 11.1 Å². The van der Waals surface area contributed by atoms with Gasteiger partial charge in [-0.05, 0) is 36.5 Å². The highest BCUT2D eigenvalue weighted by atomic mass is 35.5. The quantitative estimate of drug-likeness (QED) is 0.889. The van der Waals surface area contributed by atoms with Gasteiger partial charge in [0.1, 0.15) is 0 Å². The number of hydrogen-bond donors (Lipinski definition) is 1. The van der Waals surface area contributed by atoms with Gasteiger partial charge < -0.3 is 5.32 Å². The van der Waals surface area contributed by atoms with Gasteiger partial charge in [0.2, 0.25) is 5.91 Å². The summed E-state index contributed by atoms with van der Waals surface area (Å²) in [6.07, 6.45) is 5.32. The Kier molecular flexibility index (Phi) is 4.65. The third kappa shape index (κ3) is 3.74. The molecule has 98 valence electrons. The zero-order valence-corrected chi connectivity index (χ0v) is 11.5. The van der Waals surface area contributed by atoms with Crippen molar-refractivity contribution in [2.75, 3.05) is 0 Å². The number of hydrogen-bond acceptors (Lipinski definition) is 1. The van der Waals surface area contributed by atoms with Gasteiger partial charge in [-0.3, -0.25) is 4.79 Å². The zero-order valence-electron chi connectivity index (χ0n) is 10.8. The van der Waals surface area contributed by atoms with Gasteiger partial charge in [0.15, 0.2) is 0 Å². The molecule has 0 spiro atoms. The first-order valence-electron chi connectivity index (χ1n) is 6.69. The highest BCUT2D eigenvalue weighted by Gasteiger charge is 2.22. The lowest BCUT2D eigenvalue weighted by molar-refractivity contribution is -0.121. The molecule has 0 aromatic heterocycles. The Labute approximate surface area is 114 Å². The molecule has 2 nitrogen and oxygen atoms in total. The first-order valence-corrected chi connectivity index (χ1v) is 7.07. The van der Waals surface area contributed by atoms with Gasteiger partial charge in [-0.25, -0.2) is 0 Å². The Balaban J connectivity index is 1.86. The van der Waals surface area contributed by atoms with Crippen molar-refractivity contribution in [3.05, 3.63) is 34.9 Å². The molecule has 0 unspecified atom stereocenters. The van der Waals surface area contributed by atoms with Crippen LogP contribution in [0.5, 0.6) is 0 Å². The van der Waals surface area contributed by atoms with Crippen molar-refractivity contribution >= 4 is 17.5 Å². The molecule has 0 radical (unpaired) electrons. The Bertz CT molecular complexity index is 401. The molecule has 1 aromatic carbocycles. The monoisotopic (exact) mass is 265 g/mol. The molecule has 1 aliphatic rings. The summed E-state index contributed by atoms with van der Waals surface area (Å²) in [5, 5.41) is 3.87. The van der Waals surface area contributed by atoms with Crippen LogP contribution >= 0.6 is 11.6 Å². The molecule has 1 aromatic rings. The maximum absolute atomic E-state index is 12.0. The fourth-order valence-electron chi connectivity index (χ4n) is 2.58. The highest BCUT2D eigenvalue weighted by molar-refractivity contribution is 6.30. The van der Waals surface area contributed by atoms with E-state index in [-0.39, 0.29) is 5.91 Å². The van der Waals surface area contributed by atoms with E-state index in [4.69, 9.17) is 11.6 Å². The highest BCUT2D eigenvalue weighted by Crippen LogP contribution is 2.23. The summed E-state index contributed by atoms with van der Waals surface area (Å²) in [5.41, 5.74) is 1.01. The molecule has 0 bridgehead atoms. The topological polar surface area (TPSA) is 29.1 Å². The molecule has 1 aliphatic carbocycles. The SMILES string of the molecule is C[C@@H]1CCCC[C@@H]1NC(=O)Cc1ccc(Cl)cc1. The fourth-order valence-corrected chi connectivity index (χ4v) is 2.70. The number of carbonyl (C=O) groups is 1. The normalized spacial score (nSPS) is 23.7. The molecule has 0 heterocycles. The predicted molar refractivity (Wildman–Crippen MR) is 74.7 cm³/mol.